The lowest BCUT2D eigenvalue weighted by Crippen LogP contribution is -2.32. The Balaban J connectivity index is 2.95. The average Bonchev–Trinajstić information content (AvgIpc) is 2.37. The van der Waals surface area contributed by atoms with Crippen molar-refractivity contribution in [2.45, 2.75) is 45.4 Å². The van der Waals surface area contributed by atoms with E-state index in [1.54, 1.807) is 0 Å². The van der Waals surface area contributed by atoms with E-state index in [0.29, 0.717) is 0 Å². The number of alkyl halides is 2. The molecule has 0 radical (unpaired) electrons. The van der Waals surface area contributed by atoms with Crippen LogP contribution in [0.4, 0.5) is 0 Å². The van der Waals surface area contributed by atoms with E-state index in [4.69, 9.17) is 0 Å². The molecule has 0 bridgehead atoms. The van der Waals surface area contributed by atoms with Gasteiger partial charge in [-0.25, -0.2) is 0 Å². The Kier molecular flexibility index (Phi) is 6.94. The van der Waals surface area contributed by atoms with Crippen molar-refractivity contribution in [3.8, 4) is 0 Å². The lowest BCUT2D eigenvalue weighted by molar-refractivity contribution is 0.374. The van der Waals surface area contributed by atoms with Crippen molar-refractivity contribution in [1.82, 2.24) is 0 Å². The summed E-state index contributed by atoms with van der Waals surface area (Å²) in [5.74, 6) is 0.770. The third-order valence-electron chi connectivity index (χ3n) is 3.70. The van der Waals surface area contributed by atoms with Gasteiger partial charge in [-0.1, -0.05) is 88.4 Å². The van der Waals surface area contributed by atoms with Crippen LogP contribution in [-0.4, -0.2) is 10.7 Å². The highest BCUT2D eigenvalue weighted by Gasteiger charge is 2.31. The number of rotatable bonds is 7. The first kappa shape index (κ1) is 16.2. The predicted molar refractivity (Wildman–Crippen MR) is 89.1 cm³/mol. The molecule has 0 aliphatic rings. The van der Waals surface area contributed by atoms with E-state index in [-0.39, 0.29) is 5.41 Å². The van der Waals surface area contributed by atoms with Crippen LogP contribution in [0.5, 0.6) is 0 Å². The number of aryl methyl sites for hydroxylation is 1. The van der Waals surface area contributed by atoms with E-state index >= 15 is 0 Å². The second-order valence-electron chi connectivity index (χ2n) is 5.51. The van der Waals surface area contributed by atoms with Crippen molar-refractivity contribution < 1.29 is 0 Å². The average molecular weight is 376 g/mol. The predicted octanol–water partition coefficient (Wildman–Crippen LogP) is 5.85. The number of hydrogen-bond acceptors (Lipinski definition) is 0. The molecule has 1 atom stereocenters. The van der Waals surface area contributed by atoms with Gasteiger partial charge in [0, 0.05) is 16.1 Å². The molecular formula is C16H24Br2. The lowest BCUT2D eigenvalue weighted by Gasteiger charge is -2.33. The summed E-state index contributed by atoms with van der Waals surface area (Å²) in [5, 5.41) is 2.03. The first-order valence-corrected chi connectivity index (χ1v) is 9.01. The molecule has 0 spiro atoms. The summed E-state index contributed by atoms with van der Waals surface area (Å²) in [6, 6.07) is 9.02. The molecule has 102 valence electrons. The number of benzene rings is 1. The fourth-order valence-electron chi connectivity index (χ4n) is 2.59. The SMILES string of the molecule is CCCC(C)CC(CBr)(CBr)c1ccc(C)cc1. The molecule has 0 saturated carbocycles. The van der Waals surface area contributed by atoms with Gasteiger partial charge >= 0.3 is 0 Å². The van der Waals surface area contributed by atoms with Crippen molar-refractivity contribution >= 4 is 31.9 Å². The van der Waals surface area contributed by atoms with Crippen LogP contribution in [0.25, 0.3) is 0 Å². The van der Waals surface area contributed by atoms with Gasteiger partial charge in [0.25, 0.3) is 0 Å². The molecule has 0 nitrogen and oxygen atoms in total. The summed E-state index contributed by atoms with van der Waals surface area (Å²) in [6.45, 7) is 6.79. The third kappa shape index (κ3) is 4.09. The quantitative estimate of drug-likeness (QED) is 0.524. The Hall–Kier alpha value is 0.180. The smallest absolute Gasteiger partial charge is 0.0149 e. The first-order chi connectivity index (χ1) is 8.57. The molecule has 0 heterocycles. The summed E-state index contributed by atoms with van der Waals surface area (Å²) in [7, 11) is 0. The van der Waals surface area contributed by atoms with Crippen molar-refractivity contribution in [2.24, 2.45) is 5.92 Å². The Morgan fingerprint density at radius 2 is 1.67 bits per heavy atom. The minimum atomic E-state index is 0.224. The van der Waals surface area contributed by atoms with E-state index in [0.717, 1.165) is 16.6 Å². The second kappa shape index (κ2) is 7.69. The van der Waals surface area contributed by atoms with Gasteiger partial charge < -0.3 is 0 Å². The largest absolute Gasteiger partial charge is 0.0918 e. The normalized spacial score (nSPS) is 13.6. The molecular weight excluding hydrogens is 352 g/mol. The van der Waals surface area contributed by atoms with Gasteiger partial charge in [-0.2, -0.15) is 0 Å². The topological polar surface area (TPSA) is 0 Å². The van der Waals surface area contributed by atoms with Crippen LogP contribution in [0, 0.1) is 12.8 Å². The summed E-state index contributed by atoms with van der Waals surface area (Å²) in [5.41, 5.74) is 3.01. The highest BCUT2D eigenvalue weighted by atomic mass is 79.9. The van der Waals surface area contributed by atoms with Crippen molar-refractivity contribution in [3.05, 3.63) is 35.4 Å². The van der Waals surface area contributed by atoms with Gasteiger partial charge in [-0.05, 0) is 24.8 Å². The van der Waals surface area contributed by atoms with E-state index in [2.05, 4.69) is 76.9 Å². The van der Waals surface area contributed by atoms with Gasteiger partial charge in [0.2, 0.25) is 0 Å². The molecule has 1 unspecified atom stereocenters. The molecule has 1 aromatic rings. The van der Waals surface area contributed by atoms with Gasteiger partial charge in [0.15, 0.2) is 0 Å². The lowest BCUT2D eigenvalue weighted by atomic mass is 9.76. The highest BCUT2D eigenvalue weighted by molar-refractivity contribution is 9.09. The van der Waals surface area contributed by atoms with E-state index < -0.39 is 0 Å². The van der Waals surface area contributed by atoms with Crippen LogP contribution < -0.4 is 0 Å². The van der Waals surface area contributed by atoms with E-state index in [1.165, 1.54) is 30.4 Å². The van der Waals surface area contributed by atoms with Crippen LogP contribution in [0.3, 0.4) is 0 Å². The monoisotopic (exact) mass is 374 g/mol. The fourth-order valence-corrected chi connectivity index (χ4v) is 4.62. The molecule has 0 aromatic heterocycles. The maximum Gasteiger partial charge on any atom is 0.0149 e. The van der Waals surface area contributed by atoms with Crippen molar-refractivity contribution in [1.29, 1.82) is 0 Å². The molecule has 2 heteroatoms. The molecule has 0 saturated heterocycles. The van der Waals surface area contributed by atoms with Gasteiger partial charge in [0.05, 0.1) is 0 Å². The third-order valence-corrected chi connectivity index (χ3v) is 5.84. The molecule has 1 aromatic carbocycles. The van der Waals surface area contributed by atoms with E-state index in [9.17, 15) is 0 Å². The minimum Gasteiger partial charge on any atom is -0.0918 e. The fraction of sp³-hybridized carbons (Fsp3) is 0.625. The zero-order valence-electron chi connectivity index (χ0n) is 11.7. The number of hydrogen-bond donors (Lipinski definition) is 0. The first-order valence-electron chi connectivity index (χ1n) is 6.77. The second-order valence-corrected chi connectivity index (χ2v) is 6.63. The summed E-state index contributed by atoms with van der Waals surface area (Å²) >= 11 is 7.48. The van der Waals surface area contributed by atoms with Gasteiger partial charge in [-0.3, -0.25) is 0 Å². The van der Waals surface area contributed by atoms with Crippen molar-refractivity contribution in [3.63, 3.8) is 0 Å². The molecule has 18 heavy (non-hydrogen) atoms. The van der Waals surface area contributed by atoms with Gasteiger partial charge in [0.1, 0.15) is 0 Å². The maximum absolute atomic E-state index is 3.74. The maximum atomic E-state index is 3.74. The Bertz CT molecular complexity index is 339. The van der Waals surface area contributed by atoms with Crippen LogP contribution in [0.2, 0.25) is 0 Å². The molecule has 0 fully saturated rings. The molecule has 0 aliphatic carbocycles. The van der Waals surface area contributed by atoms with Crippen LogP contribution in [0.1, 0.15) is 44.2 Å². The summed E-state index contributed by atoms with van der Waals surface area (Å²) in [6.07, 6.45) is 3.82. The standard InChI is InChI=1S/C16H24Br2/c1-4-5-14(3)10-16(11-17,12-18)15-8-6-13(2)7-9-15/h6-9,14H,4-5,10-12H2,1-3H3. The Labute approximate surface area is 129 Å². The molecule has 1 rings (SSSR count). The van der Waals surface area contributed by atoms with E-state index in [1.807, 2.05) is 0 Å². The van der Waals surface area contributed by atoms with Gasteiger partial charge in [-0.15, -0.1) is 0 Å². The summed E-state index contributed by atoms with van der Waals surface area (Å²) < 4.78 is 0. The molecule has 0 amide bonds. The zero-order valence-corrected chi connectivity index (χ0v) is 14.9. The molecule has 0 aliphatic heterocycles. The zero-order chi connectivity index (χ0) is 13.6. The molecule has 0 N–H and O–H groups in total. The van der Waals surface area contributed by atoms with Crippen LogP contribution in [-0.2, 0) is 5.41 Å². The Morgan fingerprint density at radius 3 is 2.11 bits per heavy atom. The minimum absolute atomic E-state index is 0.224. The Morgan fingerprint density at radius 1 is 1.11 bits per heavy atom. The van der Waals surface area contributed by atoms with Crippen LogP contribution in [0.15, 0.2) is 24.3 Å². The summed E-state index contributed by atoms with van der Waals surface area (Å²) in [4.78, 5) is 0. The number of halogens is 2. The van der Waals surface area contributed by atoms with Crippen molar-refractivity contribution in [2.75, 3.05) is 10.7 Å². The van der Waals surface area contributed by atoms with Crippen LogP contribution >= 0.6 is 31.9 Å². The highest BCUT2D eigenvalue weighted by Crippen LogP contribution is 2.36.